The normalized spacial score (nSPS) is 10.2. The molecule has 5 nitrogen and oxygen atoms in total. The van der Waals surface area contributed by atoms with Crippen molar-refractivity contribution in [2.24, 2.45) is 0 Å². The number of ether oxygens (including phenoxy) is 1. The fourth-order valence-corrected chi connectivity index (χ4v) is 2.00. The Hall–Kier alpha value is -2.43. The fraction of sp³-hybridized carbons (Fsp3) is 0.267. The smallest absolute Gasteiger partial charge is 0.358 e. The summed E-state index contributed by atoms with van der Waals surface area (Å²) in [6, 6.07) is 6.22. The molecule has 0 fully saturated rings. The average Bonchev–Trinajstić information content (AvgIpc) is 2.44. The van der Waals surface area contributed by atoms with Crippen molar-refractivity contribution in [3.63, 3.8) is 0 Å². The van der Waals surface area contributed by atoms with Crippen molar-refractivity contribution in [3.05, 3.63) is 47.4 Å². The molecule has 0 N–H and O–H groups in total. The highest BCUT2D eigenvalue weighted by molar-refractivity contribution is 5.87. The van der Waals surface area contributed by atoms with Gasteiger partial charge in [-0.1, -0.05) is 6.07 Å². The molecule has 0 amide bonds. The van der Waals surface area contributed by atoms with Crippen molar-refractivity contribution in [3.8, 4) is 0 Å². The molecule has 5 heteroatoms. The third-order valence-corrected chi connectivity index (χ3v) is 2.95. The minimum atomic E-state index is -0.492. The number of nitrogens with zero attached hydrogens (tertiary/aromatic N) is 3. The van der Waals surface area contributed by atoms with Gasteiger partial charge in [0.05, 0.1) is 19.5 Å². The lowest BCUT2D eigenvalue weighted by molar-refractivity contribution is 0.0593. The van der Waals surface area contributed by atoms with Crippen LogP contribution in [0.15, 0.2) is 30.6 Å². The van der Waals surface area contributed by atoms with Gasteiger partial charge in [-0.3, -0.25) is 4.98 Å². The third-order valence-electron chi connectivity index (χ3n) is 2.95. The number of aryl methyl sites for hydroxylation is 2. The van der Waals surface area contributed by atoms with Gasteiger partial charge in [0.25, 0.3) is 0 Å². The number of hydrogen-bond donors (Lipinski definition) is 0. The van der Waals surface area contributed by atoms with Gasteiger partial charge < -0.3 is 9.64 Å². The van der Waals surface area contributed by atoms with E-state index in [4.69, 9.17) is 0 Å². The highest BCUT2D eigenvalue weighted by Gasteiger charge is 2.12. The summed E-state index contributed by atoms with van der Waals surface area (Å²) in [6.07, 6.45) is 3.01. The Balaban J connectivity index is 2.37. The maximum absolute atomic E-state index is 11.5. The lowest BCUT2D eigenvalue weighted by Gasteiger charge is -2.19. The van der Waals surface area contributed by atoms with Crippen molar-refractivity contribution in [1.82, 2.24) is 9.97 Å². The molecule has 0 aliphatic rings. The van der Waals surface area contributed by atoms with Gasteiger partial charge in [-0.05, 0) is 37.1 Å². The van der Waals surface area contributed by atoms with Crippen LogP contribution in [0.4, 0.5) is 11.5 Å². The molecule has 20 heavy (non-hydrogen) atoms. The standard InChI is InChI=1S/C15H17N3O2/c1-10-5-11(2)7-12(6-10)18(3)14-9-16-8-13(17-14)15(19)20-4/h5-9H,1-4H3. The highest BCUT2D eigenvalue weighted by atomic mass is 16.5. The van der Waals surface area contributed by atoms with E-state index in [2.05, 4.69) is 32.9 Å². The molecule has 1 aromatic heterocycles. The van der Waals surface area contributed by atoms with Crippen molar-refractivity contribution in [2.45, 2.75) is 13.8 Å². The Morgan fingerprint density at radius 2 is 1.80 bits per heavy atom. The van der Waals surface area contributed by atoms with E-state index in [-0.39, 0.29) is 5.69 Å². The number of carbonyl (C=O) groups excluding carboxylic acids is 1. The Morgan fingerprint density at radius 1 is 1.15 bits per heavy atom. The van der Waals surface area contributed by atoms with E-state index in [1.807, 2.05) is 25.8 Å². The van der Waals surface area contributed by atoms with E-state index >= 15 is 0 Å². The zero-order chi connectivity index (χ0) is 14.7. The first-order valence-electron chi connectivity index (χ1n) is 6.23. The van der Waals surface area contributed by atoms with Crippen molar-refractivity contribution in [1.29, 1.82) is 0 Å². The second kappa shape index (κ2) is 5.69. The van der Waals surface area contributed by atoms with Crippen LogP contribution in [-0.4, -0.2) is 30.1 Å². The Bertz CT molecular complexity index is 621. The zero-order valence-corrected chi connectivity index (χ0v) is 12.0. The quantitative estimate of drug-likeness (QED) is 0.803. The molecular formula is C15H17N3O2. The molecule has 0 spiro atoms. The van der Waals surface area contributed by atoms with Crippen molar-refractivity contribution >= 4 is 17.5 Å². The van der Waals surface area contributed by atoms with E-state index in [1.54, 1.807) is 6.20 Å². The van der Waals surface area contributed by atoms with Crippen LogP contribution in [0, 0.1) is 13.8 Å². The van der Waals surface area contributed by atoms with Crippen molar-refractivity contribution < 1.29 is 9.53 Å². The summed E-state index contributed by atoms with van der Waals surface area (Å²) >= 11 is 0. The Morgan fingerprint density at radius 3 is 2.40 bits per heavy atom. The molecule has 1 aromatic carbocycles. The number of methoxy groups -OCH3 is 1. The maximum Gasteiger partial charge on any atom is 0.358 e. The second-order valence-electron chi connectivity index (χ2n) is 4.66. The predicted molar refractivity (Wildman–Crippen MR) is 77.4 cm³/mol. The fourth-order valence-electron chi connectivity index (χ4n) is 2.00. The summed E-state index contributed by atoms with van der Waals surface area (Å²) in [5.74, 6) is 0.103. The summed E-state index contributed by atoms with van der Waals surface area (Å²) in [7, 11) is 3.21. The summed E-state index contributed by atoms with van der Waals surface area (Å²) in [4.78, 5) is 21.7. The molecule has 0 saturated carbocycles. The average molecular weight is 271 g/mol. The van der Waals surface area contributed by atoms with Crippen LogP contribution < -0.4 is 4.90 Å². The van der Waals surface area contributed by atoms with Gasteiger partial charge in [0.1, 0.15) is 0 Å². The SMILES string of the molecule is COC(=O)c1cncc(N(C)c2cc(C)cc(C)c2)n1. The lowest BCUT2D eigenvalue weighted by Crippen LogP contribution is -2.14. The first-order valence-corrected chi connectivity index (χ1v) is 6.23. The molecular weight excluding hydrogens is 254 g/mol. The number of benzene rings is 1. The monoisotopic (exact) mass is 271 g/mol. The molecule has 1 heterocycles. The minimum Gasteiger partial charge on any atom is -0.464 e. The van der Waals surface area contributed by atoms with Crippen LogP contribution >= 0.6 is 0 Å². The number of esters is 1. The predicted octanol–water partition coefficient (Wildman–Crippen LogP) is 2.65. The molecule has 0 aliphatic heterocycles. The molecule has 2 rings (SSSR count). The zero-order valence-electron chi connectivity index (χ0n) is 12.0. The largest absolute Gasteiger partial charge is 0.464 e. The summed E-state index contributed by atoms with van der Waals surface area (Å²) in [5, 5.41) is 0. The van der Waals surface area contributed by atoms with Crippen molar-refractivity contribution in [2.75, 3.05) is 19.1 Å². The first kappa shape index (κ1) is 14.0. The van der Waals surface area contributed by atoms with Gasteiger partial charge in [-0.25, -0.2) is 9.78 Å². The van der Waals surface area contributed by atoms with Gasteiger partial charge in [0.15, 0.2) is 11.5 Å². The Labute approximate surface area is 118 Å². The summed E-state index contributed by atoms with van der Waals surface area (Å²) in [5.41, 5.74) is 3.54. The van der Waals surface area contributed by atoms with Crippen LogP contribution in [0.3, 0.4) is 0 Å². The van der Waals surface area contributed by atoms with Crippen LogP contribution in [0.1, 0.15) is 21.6 Å². The van der Waals surface area contributed by atoms with E-state index in [0.717, 1.165) is 5.69 Å². The maximum atomic E-state index is 11.5. The number of hydrogen-bond acceptors (Lipinski definition) is 5. The first-order chi connectivity index (χ1) is 9.51. The lowest BCUT2D eigenvalue weighted by atomic mass is 10.1. The molecule has 0 aliphatic carbocycles. The third kappa shape index (κ3) is 2.93. The summed E-state index contributed by atoms with van der Waals surface area (Å²) < 4.78 is 4.65. The van der Waals surface area contributed by atoms with E-state index in [1.165, 1.54) is 24.4 Å². The van der Waals surface area contributed by atoms with Gasteiger partial charge in [0.2, 0.25) is 0 Å². The molecule has 0 radical (unpaired) electrons. The molecule has 0 unspecified atom stereocenters. The highest BCUT2D eigenvalue weighted by Crippen LogP contribution is 2.23. The molecule has 104 valence electrons. The van der Waals surface area contributed by atoms with Crippen LogP contribution in [0.5, 0.6) is 0 Å². The van der Waals surface area contributed by atoms with Gasteiger partial charge in [-0.15, -0.1) is 0 Å². The topological polar surface area (TPSA) is 55.3 Å². The van der Waals surface area contributed by atoms with E-state index in [0.29, 0.717) is 5.82 Å². The van der Waals surface area contributed by atoms with Crippen LogP contribution in [-0.2, 0) is 4.74 Å². The van der Waals surface area contributed by atoms with Crippen LogP contribution in [0.2, 0.25) is 0 Å². The number of aromatic nitrogens is 2. The van der Waals surface area contributed by atoms with E-state index < -0.39 is 5.97 Å². The van der Waals surface area contributed by atoms with Gasteiger partial charge in [-0.2, -0.15) is 0 Å². The van der Waals surface area contributed by atoms with Gasteiger partial charge >= 0.3 is 5.97 Å². The van der Waals surface area contributed by atoms with E-state index in [9.17, 15) is 4.79 Å². The molecule has 0 atom stereocenters. The minimum absolute atomic E-state index is 0.196. The summed E-state index contributed by atoms with van der Waals surface area (Å²) in [6.45, 7) is 4.09. The van der Waals surface area contributed by atoms with Gasteiger partial charge in [0, 0.05) is 12.7 Å². The molecule has 0 saturated heterocycles. The number of rotatable bonds is 3. The molecule has 0 bridgehead atoms. The van der Waals surface area contributed by atoms with Crippen LogP contribution in [0.25, 0.3) is 0 Å². The second-order valence-corrected chi connectivity index (χ2v) is 4.66. The number of carbonyl (C=O) groups is 1. The molecule has 2 aromatic rings. The Kier molecular flexibility index (Phi) is 3.98. The number of anilines is 2.